The normalized spacial score (nSPS) is 13.0. The SMILES string of the molecule is Cc1[nH]ncc1CN(C)C(=O)c1cnc2c(c1)N(Cc1ccc(Cl)cc1)C(=O)CN2. The van der Waals surface area contributed by atoms with Crippen molar-refractivity contribution in [3.8, 4) is 0 Å². The number of fused-ring (bicyclic) bond motifs is 1. The van der Waals surface area contributed by atoms with Gasteiger partial charge in [0, 0.05) is 36.1 Å². The van der Waals surface area contributed by atoms with E-state index in [0.717, 1.165) is 16.8 Å². The Labute approximate surface area is 178 Å². The van der Waals surface area contributed by atoms with E-state index in [2.05, 4.69) is 20.5 Å². The first-order chi connectivity index (χ1) is 14.4. The largest absolute Gasteiger partial charge is 0.359 e. The van der Waals surface area contributed by atoms with Crippen LogP contribution in [0.1, 0.15) is 27.2 Å². The molecule has 1 aromatic carbocycles. The zero-order valence-corrected chi connectivity index (χ0v) is 17.4. The van der Waals surface area contributed by atoms with E-state index in [0.29, 0.717) is 35.2 Å². The van der Waals surface area contributed by atoms with Crippen LogP contribution in [-0.2, 0) is 17.9 Å². The fraction of sp³-hybridized carbons (Fsp3) is 0.238. The van der Waals surface area contributed by atoms with E-state index in [1.165, 1.54) is 6.20 Å². The summed E-state index contributed by atoms with van der Waals surface area (Å²) in [6, 6.07) is 9.04. The molecule has 0 bridgehead atoms. The Bertz CT molecular complexity index is 1100. The van der Waals surface area contributed by atoms with E-state index in [4.69, 9.17) is 11.6 Å². The molecule has 2 N–H and O–H groups in total. The molecule has 2 amide bonds. The highest BCUT2D eigenvalue weighted by Gasteiger charge is 2.27. The van der Waals surface area contributed by atoms with Gasteiger partial charge in [-0.3, -0.25) is 14.7 Å². The van der Waals surface area contributed by atoms with E-state index < -0.39 is 0 Å². The molecule has 1 aliphatic heterocycles. The van der Waals surface area contributed by atoms with Gasteiger partial charge in [-0.1, -0.05) is 23.7 Å². The van der Waals surface area contributed by atoms with E-state index >= 15 is 0 Å². The molecule has 0 unspecified atom stereocenters. The molecular formula is C21H21ClN6O2. The molecule has 0 saturated heterocycles. The molecule has 0 aliphatic carbocycles. The van der Waals surface area contributed by atoms with Gasteiger partial charge < -0.3 is 15.1 Å². The summed E-state index contributed by atoms with van der Waals surface area (Å²) in [5.74, 6) is 0.301. The molecule has 2 aromatic heterocycles. The number of benzene rings is 1. The number of aryl methyl sites for hydroxylation is 1. The predicted octanol–water partition coefficient (Wildman–Crippen LogP) is 3.00. The highest BCUT2D eigenvalue weighted by atomic mass is 35.5. The van der Waals surface area contributed by atoms with Crippen molar-refractivity contribution in [2.75, 3.05) is 23.8 Å². The quantitative estimate of drug-likeness (QED) is 0.656. The van der Waals surface area contributed by atoms with Gasteiger partial charge in [0.2, 0.25) is 5.91 Å². The monoisotopic (exact) mass is 424 g/mol. The van der Waals surface area contributed by atoms with Gasteiger partial charge >= 0.3 is 0 Å². The fourth-order valence-corrected chi connectivity index (χ4v) is 3.46. The lowest BCUT2D eigenvalue weighted by molar-refractivity contribution is -0.117. The third kappa shape index (κ3) is 3.99. The summed E-state index contributed by atoms with van der Waals surface area (Å²) >= 11 is 5.96. The first-order valence-corrected chi connectivity index (χ1v) is 9.83. The Morgan fingerprint density at radius 1 is 1.27 bits per heavy atom. The van der Waals surface area contributed by atoms with Crippen molar-refractivity contribution in [1.29, 1.82) is 0 Å². The van der Waals surface area contributed by atoms with Crippen molar-refractivity contribution in [2.24, 2.45) is 0 Å². The minimum absolute atomic E-state index is 0.0915. The first kappa shape index (κ1) is 19.9. The van der Waals surface area contributed by atoms with Gasteiger partial charge in [0.15, 0.2) is 5.82 Å². The maximum Gasteiger partial charge on any atom is 0.255 e. The van der Waals surface area contributed by atoms with Gasteiger partial charge in [-0.25, -0.2) is 4.98 Å². The summed E-state index contributed by atoms with van der Waals surface area (Å²) in [5.41, 5.74) is 3.79. The zero-order chi connectivity index (χ0) is 21.3. The molecule has 3 heterocycles. The summed E-state index contributed by atoms with van der Waals surface area (Å²) in [6.45, 7) is 2.85. The van der Waals surface area contributed by atoms with Crippen LogP contribution < -0.4 is 10.2 Å². The Kier molecular flexibility index (Phi) is 5.41. The number of hydrogen-bond donors (Lipinski definition) is 2. The van der Waals surface area contributed by atoms with Gasteiger partial charge in [0.05, 0.1) is 30.5 Å². The first-order valence-electron chi connectivity index (χ1n) is 9.45. The van der Waals surface area contributed by atoms with Crippen LogP contribution >= 0.6 is 11.6 Å². The molecule has 0 radical (unpaired) electrons. The van der Waals surface area contributed by atoms with Crippen molar-refractivity contribution in [3.05, 3.63) is 70.1 Å². The van der Waals surface area contributed by atoms with Crippen LogP contribution in [0.3, 0.4) is 0 Å². The van der Waals surface area contributed by atoms with Crippen molar-refractivity contribution < 1.29 is 9.59 Å². The molecule has 0 fully saturated rings. The van der Waals surface area contributed by atoms with Crippen LogP contribution in [-0.4, -0.2) is 45.5 Å². The fourth-order valence-electron chi connectivity index (χ4n) is 3.33. The van der Waals surface area contributed by atoms with Gasteiger partial charge in [0.25, 0.3) is 5.91 Å². The zero-order valence-electron chi connectivity index (χ0n) is 16.6. The summed E-state index contributed by atoms with van der Waals surface area (Å²) in [4.78, 5) is 33.2. The van der Waals surface area contributed by atoms with Crippen molar-refractivity contribution >= 4 is 34.9 Å². The number of carbonyl (C=O) groups is 2. The van der Waals surface area contributed by atoms with Crippen LogP contribution in [0.25, 0.3) is 0 Å². The van der Waals surface area contributed by atoms with Crippen molar-refractivity contribution in [3.63, 3.8) is 0 Å². The summed E-state index contributed by atoms with van der Waals surface area (Å²) < 4.78 is 0. The number of aromatic amines is 1. The van der Waals surface area contributed by atoms with E-state index in [1.807, 2.05) is 19.1 Å². The van der Waals surface area contributed by atoms with Gasteiger partial charge in [-0.2, -0.15) is 5.10 Å². The molecule has 0 saturated carbocycles. The summed E-state index contributed by atoms with van der Waals surface area (Å²) in [7, 11) is 1.73. The maximum absolute atomic E-state index is 13.0. The van der Waals surface area contributed by atoms with Crippen molar-refractivity contribution in [2.45, 2.75) is 20.0 Å². The number of nitrogens with zero attached hydrogens (tertiary/aromatic N) is 4. The Morgan fingerprint density at radius 2 is 2.03 bits per heavy atom. The average Bonchev–Trinajstić information content (AvgIpc) is 3.15. The average molecular weight is 425 g/mol. The van der Waals surface area contributed by atoms with E-state index in [9.17, 15) is 9.59 Å². The lowest BCUT2D eigenvalue weighted by Gasteiger charge is -2.30. The molecule has 9 heteroatoms. The number of hydrogen-bond acceptors (Lipinski definition) is 5. The minimum Gasteiger partial charge on any atom is -0.359 e. The molecule has 154 valence electrons. The molecule has 30 heavy (non-hydrogen) atoms. The summed E-state index contributed by atoms with van der Waals surface area (Å²) in [6.07, 6.45) is 3.24. The molecule has 1 aliphatic rings. The van der Waals surface area contributed by atoms with Gasteiger partial charge in [0.1, 0.15) is 0 Å². The van der Waals surface area contributed by atoms with Crippen molar-refractivity contribution in [1.82, 2.24) is 20.1 Å². The molecule has 0 spiro atoms. The number of pyridine rings is 1. The molecule has 3 aromatic rings. The second-order valence-corrected chi connectivity index (χ2v) is 7.67. The number of rotatable bonds is 5. The lowest BCUT2D eigenvalue weighted by atomic mass is 10.1. The van der Waals surface area contributed by atoms with E-state index in [-0.39, 0.29) is 18.4 Å². The Morgan fingerprint density at radius 3 is 2.73 bits per heavy atom. The number of amides is 2. The van der Waals surface area contributed by atoms with E-state index in [1.54, 1.807) is 41.2 Å². The molecule has 8 nitrogen and oxygen atoms in total. The number of aromatic nitrogens is 3. The minimum atomic E-state index is -0.185. The number of carbonyl (C=O) groups excluding carboxylic acids is 2. The highest BCUT2D eigenvalue weighted by Crippen LogP contribution is 2.30. The topological polar surface area (TPSA) is 94.2 Å². The van der Waals surface area contributed by atoms with Crippen LogP contribution in [0.15, 0.2) is 42.7 Å². The van der Waals surface area contributed by atoms with Gasteiger partial charge in [-0.15, -0.1) is 0 Å². The Hall–Kier alpha value is -3.39. The van der Waals surface area contributed by atoms with Crippen LogP contribution in [0, 0.1) is 6.92 Å². The smallest absolute Gasteiger partial charge is 0.255 e. The predicted molar refractivity (Wildman–Crippen MR) is 114 cm³/mol. The Balaban J connectivity index is 1.59. The molecular weight excluding hydrogens is 404 g/mol. The van der Waals surface area contributed by atoms with Crippen LogP contribution in [0.4, 0.5) is 11.5 Å². The molecule has 4 rings (SSSR count). The van der Waals surface area contributed by atoms with Crippen LogP contribution in [0.5, 0.6) is 0 Å². The summed E-state index contributed by atoms with van der Waals surface area (Å²) in [5, 5.41) is 10.5. The lowest BCUT2D eigenvalue weighted by Crippen LogP contribution is -2.40. The number of anilines is 2. The van der Waals surface area contributed by atoms with Gasteiger partial charge in [-0.05, 0) is 30.7 Å². The second kappa shape index (κ2) is 8.16. The molecule has 0 atom stereocenters. The van der Waals surface area contributed by atoms with Crippen LogP contribution in [0.2, 0.25) is 5.02 Å². The number of H-pyrrole nitrogens is 1. The standard InChI is InChI=1S/C21H21ClN6O2/c1-13-16(9-25-26-13)12-27(2)21(30)15-7-18-20(23-8-15)24-10-19(29)28(18)11-14-3-5-17(22)6-4-14/h3-9H,10-12H2,1-2H3,(H,23,24)(H,25,26). The second-order valence-electron chi connectivity index (χ2n) is 7.23. The third-order valence-electron chi connectivity index (χ3n) is 5.06. The maximum atomic E-state index is 13.0. The highest BCUT2D eigenvalue weighted by molar-refractivity contribution is 6.30. The third-order valence-corrected chi connectivity index (χ3v) is 5.31. The number of halogens is 1. The number of nitrogens with one attached hydrogen (secondary N) is 2.